The topological polar surface area (TPSA) is 131 Å². The standard InChI is InChI=1S/C22H22FN7O3/c1-13-10-24-21(27-17-7-8-25-30(17)3)28-18(13)16-11-33-20(26-16)19(32)29-22(2,12-31)14-5-4-6-15(23)9-14/h4-11,31H,12H2,1-3H3,(H,29,32)(H,24,27,28). The minimum Gasteiger partial charge on any atom is -0.440 e. The van der Waals surface area contributed by atoms with Crippen molar-refractivity contribution in [1.82, 2.24) is 30.0 Å². The van der Waals surface area contributed by atoms with Crippen molar-refractivity contribution >= 4 is 17.7 Å². The van der Waals surface area contributed by atoms with Crippen LogP contribution in [0.1, 0.15) is 28.7 Å². The number of carbonyl (C=O) groups is 1. The second-order valence-electron chi connectivity index (χ2n) is 7.68. The van der Waals surface area contributed by atoms with Gasteiger partial charge in [0.2, 0.25) is 5.95 Å². The summed E-state index contributed by atoms with van der Waals surface area (Å²) in [5.41, 5.74) is 0.712. The Morgan fingerprint density at radius 1 is 1.30 bits per heavy atom. The number of aryl methyl sites for hydroxylation is 2. The first-order valence-corrected chi connectivity index (χ1v) is 10.0. The van der Waals surface area contributed by atoms with Gasteiger partial charge in [-0.25, -0.2) is 19.3 Å². The van der Waals surface area contributed by atoms with Crippen LogP contribution >= 0.6 is 0 Å². The van der Waals surface area contributed by atoms with Crippen molar-refractivity contribution < 1.29 is 18.7 Å². The van der Waals surface area contributed by atoms with E-state index >= 15 is 0 Å². The Morgan fingerprint density at radius 2 is 2.12 bits per heavy atom. The predicted octanol–water partition coefficient (Wildman–Crippen LogP) is 2.69. The van der Waals surface area contributed by atoms with E-state index in [1.165, 1.54) is 24.5 Å². The Kier molecular flexibility index (Phi) is 5.88. The van der Waals surface area contributed by atoms with Gasteiger partial charge in [0.05, 0.1) is 18.3 Å². The average Bonchev–Trinajstić information content (AvgIpc) is 3.44. The number of halogens is 1. The number of hydrogen-bond donors (Lipinski definition) is 3. The van der Waals surface area contributed by atoms with E-state index in [2.05, 4.69) is 30.7 Å². The SMILES string of the molecule is Cc1cnc(Nc2ccnn2C)nc1-c1coc(C(=O)NC(C)(CO)c2cccc(F)c2)n1. The van der Waals surface area contributed by atoms with Crippen LogP contribution in [0.2, 0.25) is 0 Å². The Labute approximate surface area is 188 Å². The van der Waals surface area contributed by atoms with Gasteiger partial charge in [-0.05, 0) is 37.1 Å². The number of benzene rings is 1. The zero-order valence-corrected chi connectivity index (χ0v) is 18.2. The van der Waals surface area contributed by atoms with E-state index in [1.807, 2.05) is 6.92 Å². The summed E-state index contributed by atoms with van der Waals surface area (Å²) >= 11 is 0. The van der Waals surface area contributed by atoms with Crippen LogP contribution in [-0.2, 0) is 12.6 Å². The lowest BCUT2D eigenvalue weighted by molar-refractivity contribution is 0.0814. The van der Waals surface area contributed by atoms with E-state index in [4.69, 9.17) is 4.42 Å². The smallest absolute Gasteiger partial charge is 0.307 e. The highest BCUT2D eigenvalue weighted by atomic mass is 19.1. The number of nitrogens with zero attached hydrogens (tertiary/aromatic N) is 5. The van der Waals surface area contributed by atoms with Crippen LogP contribution in [0.15, 0.2) is 53.4 Å². The van der Waals surface area contributed by atoms with Crippen LogP contribution in [0.5, 0.6) is 0 Å². The molecule has 170 valence electrons. The van der Waals surface area contributed by atoms with Gasteiger partial charge in [-0.2, -0.15) is 5.10 Å². The fraction of sp³-hybridized carbons (Fsp3) is 0.227. The van der Waals surface area contributed by atoms with E-state index in [1.54, 1.807) is 43.2 Å². The van der Waals surface area contributed by atoms with Gasteiger partial charge in [-0.1, -0.05) is 12.1 Å². The van der Waals surface area contributed by atoms with Crippen LogP contribution in [0.3, 0.4) is 0 Å². The molecule has 1 amide bonds. The zero-order chi connectivity index (χ0) is 23.6. The molecule has 33 heavy (non-hydrogen) atoms. The molecule has 0 bridgehead atoms. The summed E-state index contributed by atoms with van der Waals surface area (Å²) in [5, 5.41) is 19.7. The van der Waals surface area contributed by atoms with Crippen LogP contribution in [0.25, 0.3) is 11.4 Å². The number of aliphatic hydroxyl groups is 1. The molecule has 1 unspecified atom stereocenters. The van der Waals surface area contributed by atoms with Gasteiger partial charge in [0.25, 0.3) is 5.89 Å². The summed E-state index contributed by atoms with van der Waals surface area (Å²) in [6.07, 6.45) is 4.59. The molecule has 0 saturated heterocycles. The van der Waals surface area contributed by atoms with Gasteiger partial charge in [0, 0.05) is 19.3 Å². The average molecular weight is 451 g/mol. The first kappa shape index (κ1) is 22.1. The Morgan fingerprint density at radius 3 is 2.82 bits per heavy atom. The number of rotatable bonds is 7. The molecular weight excluding hydrogens is 429 g/mol. The van der Waals surface area contributed by atoms with E-state index in [-0.39, 0.29) is 5.89 Å². The third-order valence-electron chi connectivity index (χ3n) is 5.14. The highest BCUT2D eigenvalue weighted by molar-refractivity contribution is 5.91. The molecule has 3 aromatic heterocycles. The van der Waals surface area contributed by atoms with Crippen LogP contribution < -0.4 is 10.6 Å². The third kappa shape index (κ3) is 4.58. The summed E-state index contributed by atoms with van der Waals surface area (Å²) in [6, 6.07) is 7.42. The van der Waals surface area contributed by atoms with Gasteiger partial charge in [0.1, 0.15) is 29.3 Å². The highest BCUT2D eigenvalue weighted by Gasteiger charge is 2.30. The monoisotopic (exact) mass is 451 g/mol. The second kappa shape index (κ2) is 8.79. The summed E-state index contributed by atoms with van der Waals surface area (Å²) in [5.74, 6) is -0.338. The Bertz CT molecular complexity index is 1300. The normalized spacial score (nSPS) is 12.9. The molecule has 3 N–H and O–H groups in total. The van der Waals surface area contributed by atoms with E-state index < -0.39 is 23.9 Å². The number of aromatic nitrogens is 5. The first-order valence-electron chi connectivity index (χ1n) is 10.0. The summed E-state index contributed by atoms with van der Waals surface area (Å²) in [7, 11) is 1.78. The number of carbonyl (C=O) groups excluding carboxylic acids is 1. The third-order valence-corrected chi connectivity index (χ3v) is 5.14. The molecule has 0 radical (unpaired) electrons. The van der Waals surface area contributed by atoms with Crippen molar-refractivity contribution in [3.05, 3.63) is 71.8 Å². The lowest BCUT2D eigenvalue weighted by Gasteiger charge is -2.28. The fourth-order valence-corrected chi connectivity index (χ4v) is 3.20. The van der Waals surface area contributed by atoms with Gasteiger partial charge in [-0.15, -0.1) is 0 Å². The zero-order valence-electron chi connectivity index (χ0n) is 18.2. The molecule has 4 rings (SSSR count). The largest absolute Gasteiger partial charge is 0.440 e. The minimum absolute atomic E-state index is 0.222. The summed E-state index contributed by atoms with van der Waals surface area (Å²) < 4.78 is 20.7. The summed E-state index contributed by atoms with van der Waals surface area (Å²) in [6.45, 7) is 2.93. The molecule has 0 aliphatic heterocycles. The maximum Gasteiger partial charge on any atom is 0.307 e. The number of anilines is 2. The molecule has 0 aliphatic carbocycles. The van der Waals surface area contributed by atoms with Crippen LogP contribution in [-0.4, -0.2) is 42.4 Å². The van der Waals surface area contributed by atoms with Crippen LogP contribution in [0, 0.1) is 12.7 Å². The van der Waals surface area contributed by atoms with Gasteiger partial charge < -0.3 is 20.2 Å². The molecule has 1 atom stereocenters. The molecular formula is C22H22FN7O3. The highest BCUT2D eigenvalue weighted by Crippen LogP contribution is 2.24. The molecule has 4 aromatic rings. The van der Waals surface area contributed by atoms with Crippen molar-refractivity contribution in [2.75, 3.05) is 11.9 Å². The number of nitrogens with one attached hydrogen (secondary N) is 2. The molecule has 0 aliphatic rings. The minimum atomic E-state index is -1.24. The van der Waals surface area contributed by atoms with E-state index in [0.717, 1.165) is 5.56 Å². The summed E-state index contributed by atoms with van der Waals surface area (Å²) in [4.78, 5) is 25.8. The van der Waals surface area contributed by atoms with E-state index in [0.29, 0.717) is 28.7 Å². The lowest BCUT2D eigenvalue weighted by atomic mass is 9.92. The molecule has 3 heterocycles. The van der Waals surface area contributed by atoms with Crippen molar-refractivity contribution in [3.63, 3.8) is 0 Å². The predicted molar refractivity (Wildman–Crippen MR) is 117 cm³/mol. The van der Waals surface area contributed by atoms with Crippen molar-refractivity contribution in [1.29, 1.82) is 0 Å². The van der Waals surface area contributed by atoms with Gasteiger partial charge >= 0.3 is 5.91 Å². The molecule has 11 heteroatoms. The second-order valence-corrected chi connectivity index (χ2v) is 7.68. The molecule has 0 fully saturated rings. The quantitative estimate of drug-likeness (QED) is 0.391. The maximum atomic E-state index is 13.6. The van der Waals surface area contributed by atoms with Gasteiger partial charge in [-0.3, -0.25) is 9.48 Å². The Hall–Kier alpha value is -4.12. The lowest BCUT2D eigenvalue weighted by Crippen LogP contribution is -2.46. The molecule has 0 saturated carbocycles. The van der Waals surface area contributed by atoms with Crippen LogP contribution in [0.4, 0.5) is 16.2 Å². The maximum absolute atomic E-state index is 13.6. The van der Waals surface area contributed by atoms with E-state index in [9.17, 15) is 14.3 Å². The number of oxazole rings is 1. The number of amides is 1. The van der Waals surface area contributed by atoms with Crippen molar-refractivity contribution in [2.45, 2.75) is 19.4 Å². The molecule has 10 nitrogen and oxygen atoms in total. The molecule has 1 aromatic carbocycles. The molecule has 0 spiro atoms. The van der Waals surface area contributed by atoms with Crippen molar-refractivity contribution in [3.8, 4) is 11.4 Å². The van der Waals surface area contributed by atoms with Crippen molar-refractivity contribution in [2.24, 2.45) is 7.05 Å². The first-order chi connectivity index (χ1) is 15.8. The number of hydrogen-bond acceptors (Lipinski definition) is 8. The fourth-order valence-electron chi connectivity index (χ4n) is 3.20. The number of aliphatic hydroxyl groups excluding tert-OH is 1. The Balaban J connectivity index is 1.57. The van der Waals surface area contributed by atoms with Gasteiger partial charge in [0.15, 0.2) is 0 Å².